The molecule has 0 radical (unpaired) electrons. The summed E-state index contributed by atoms with van der Waals surface area (Å²) in [5.74, 6) is -0.820. The first-order chi connectivity index (χ1) is 37.0. The molecule has 0 rings (SSSR count). The standard InChI is InChI=1S/C66H128NO8P/c1-6-8-10-12-14-16-18-20-22-24-25-26-27-28-29-30-31-32-33-34-35-36-37-38-39-40-41-43-45-47-49-51-53-55-57-59-66(69)75-64(63-74-76(70,71)73-61-60-67(3,4)5)62-72-65(68)58-56-54-52-50-48-46-44-42-23-21-19-17-15-13-11-9-7-2/h21,23-25,64H,6-20,22,26-63H2,1-5H3/b23-21-,25-24-. The number of hydrogen-bond donors (Lipinski definition) is 0. The Balaban J connectivity index is 3.95. The number of phosphoric ester groups is 1. The maximum absolute atomic E-state index is 12.8. The van der Waals surface area contributed by atoms with E-state index in [0.29, 0.717) is 17.4 Å². The lowest BCUT2D eigenvalue weighted by Gasteiger charge is -2.28. The van der Waals surface area contributed by atoms with Gasteiger partial charge >= 0.3 is 11.9 Å². The zero-order chi connectivity index (χ0) is 55.6. The van der Waals surface area contributed by atoms with Gasteiger partial charge in [-0.25, -0.2) is 0 Å². The molecule has 450 valence electrons. The van der Waals surface area contributed by atoms with Gasteiger partial charge in [0, 0.05) is 12.8 Å². The van der Waals surface area contributed by atoms with Gasteiger partial charge in [0.25, 0.3) is 7.82 Å². The summed E-state index contributed by atoms with van der Waals surface area (Å²) in [4.78, 5) is 37.9. The van der Waals surface area contributed by atoms with Crippen molar-refractivity contribution in [2.24, 2.45) is 0 Å². The van der Waals surface area contributed by atoms with Crippen LogP contribution in [0.2, 0.25) is 0 Å². The van der Waals surface area contributed by atoms with Gasteiger partial charge in [-0.1, -0.05) is 282 Å². The van der Waals surface area contributed by atoms with Crippen molar-refractivity contribution in [2.75, 3.05) is 47.5 Å². The molecule has 2 atom stereocenters. The number of esters is 2. The summed E-state index contributed by atoms with van der Waals surface area (Å²) in [6.07, 6.45) is 71.2. The van der Waals surface area contributed by atoms with Crippen LogP contribution in [-0.4, -0.2) is 70.0 Å². The molecule has 2 unspecified atom stereocenters. The predicted octanol–water partition coefficient (Wildman–Crippen LogP) is 20.3. The van der Waals surface area contributed by atoms with Gasteiger partial charge in [0.1, 0.15) is 19.8 Å². The Morgan fingerprint density at radius 1 is 0.395 bits per heavy atom. The van der Waals surface area contributed by atoms with E-state index < -0.39 is 26.5 Å². The maximum atomic E-state index is 12.8. The van der Waals surface area contributed by atoms with Gasteiger partial charge in [0.15, 0.2) is 6.10 Å². The zero-order valence-corrected chi connectivity index (χ0v) is 52.1. The van der Waals surface area contributed by atoms with Gasteiger partial charge in [-0.3, -0.25) is 14.2 Å². The minimum absolute atomic E-state index is 0.0284. The van der Waals surface area contributed by atoms with Crippen LogP contribution in [0.5, 0.6) is 0 Å². The first-order valence-corrected chi connectivity index (χ1v) is 34.5. The summed E-state index contributed by atoms with van der Waals surface area (Å²) in [6, 6.07) is 0. The molecule has 9 nitrogen and oxygen atoms in total. The van der Waals surface area contributed by atoms with Crippen molar-refractivity contribution >= 4 is 19.8 Å². The molecule has 0 bridgehead atoms. The third-order valence-electron chi connectivity index (χ3n) is 14.9. The molecule has 0 heterocycles. The van der Waals surface area contributed by atoms with E-state index in [1.807, 2.05) is 21.1 Å². The Kier molecular flexibility index (Phi) is 57.0. The number of unbranched alkanes of at least 4 members (excludes halogenated alkanes) is 44. The minimum atomic E-state index is -4.63. The minimum Gasteiger partial charge on any atom is -0.756 e. The number of carbonyl (C=O) groups is 2. The quantitative estimate of drug-likeness (QED) is 0.0195. The molecule has 0 aliphatic heterocycles. The number of quaternary nitrogens is 1. The summed E-state index contributed by atoms with van der Waals surface area (Å²) >= 11 is 0. The Bertz CT molecular complexity index is 1330. The number of hydrogen-bond acceptors (Lipinski definition) is 8. The van der Waals surface area contributed by atoms with Crippen LogP contribution in [-0.2, 0) is 32.7 Å². The normalized spacial score (nSPS) is 13.3. The van der Waals surface area contributed by atoms with E-state index in [0.717, 1.165) is 44.9 Å². The highest BCUT2D eigenvalue weighted by molar-refractivity contribution is 7.45. The lowest BCUT2D eigenvalue weighted by Crippen LogP contribution is -2.37. The predicted molar refractivity (Wildman–Crippen MR) is 324 cm³/mol. The topological polar surface area (TPSA) is 111 Å². The first kappa shape index (κ1) is 74.5. The van der Waals surface area contributed by atoms with Crippen LogP contribution in [0.1, 0.15) is 335 Å². The molecule has 0 aliphatic carbocycles. The fraction of sp³-hybridized carbons (Fsp3) is 0.909. The number of likely N-dealkylation sites (N-methyl/N-ethyl adjacent to an activating group) is 1. The second-order valence-electron chi connectivity index (χ2n) is 23.8. The van der Waals surface area contributed by atoms with E-state index in [4.69, 9.17) is 18.5 Å². The van der Waals surface area contributed by atoms with E-state index in [-0.39, 0.29) is 32.0 Å². The molecular formula is C66H128NO8P. The van der Waals surface area contributed by atoms with Crippen LogP contribution < -0.4 is 4.89 Å². The fourth-order valence-electron chi connectivity index (χ4n) is 9.83. The van der Waals surface area contributed by atoms with Crippen LogP contribution in [0.4, 0.5) is 0 Å². The molecule has 0 fully saturated rings. The van der Waals surface area contributed by atoms with Crippen molar-refractivity contribution < 1.29 is 42.1 Å². The summed E-state index contributed by atoms with van der Waals surface area (Å²) in [5.41, 5.74) is 0. The lowest BCUT2D eigenvalue weighted by molar-refractivity contribution is -0.870. The van der Waals surface area contributed by atoms with Crippen LogP contribution in [0.25, 0.3) is 0 Å². The fourth-order valence-corrected chi connectivity index (χ4v) is 10.6. The first-order valence-electron chi connectivity index (χ1n) is 33.0. The molecular weight excluding hydrogens is 966 g/mol. The van der Waals surface area contributed by atoms with Crippen molar-refractivity contribution in [3.63, 3.8) is 0 Å². The Morgan fingerprint density at radius 3 is 0.974 bits per heavy atom. The van der Waals surface area contributed by atoms with Crippen LogP contribution in [0, 0.1) is 0 Å². The molecule has 0 saturated carbocycles. The Morgan fingerprint density at radius 2 is 0.671 bits per heavy atom. The molecule has 76 heavy (non-hydrogen) atoms. The molecule has 0 spiro atoms. The summed E-state index contributed by atoms with van der Waals surface area (Å²) in [7, 11) is 1.18. The smallest absolute Gasteiger partial charge is 0.306 e. The highest BCUT2D eigenvalue weighted by atomic mass is 31.2. The molecule has 0 aromatic heterocycles. The van der Waals surface area contributed by atoms with Crippen molar-refractivity contribution in [2.45, 2.75) is 341 Å². The van der Waals surface area contributed by atoms with Crippen molar-refractivity contribution in [1.82, 2.24) is 0 Å². The Hall–Kier alpha value is -1.51. The van der Waals surface area contributed by atoms with Crippen LogP contribution in [0.3, 0.4) is 0 Å². The molecule has 0 aromatic rings. The van der Waals surface area contributed by atoms with E-state index in [2.05, 4.69) is 38.2 Å². The van der Waals surface area contributed by atoms with Gasteiger partial charge < -0.3 is 27.9 Å². The average Bonchev–Trinajstić information content (AvgIpc) is 3.38. The number of ether oxygens (including phenoxy) is 2. The number of rotatable bonds is 62. The van der Waals surface area contributed by atoms with Gasteiger partial charge in [-0.15, -0.1) is 0 Å². The van der Waals surface area contributed by atoms with E-state index >= 15 is 0 Å². The van der Waals surface area contributed by atoms with Crippen molar-refractivity contribution in [3.05, 3.63) is 24.3 Å². The Labute approximate surface area is 472 Å². The molecule has 0 aliphatic rings. The number of carbonyl (C=O) groups excluding carboxylic acids is 2. The second-order valence-corrected chi connectivity index (χ2v) is 25.2. The maximum Gasteiger partial charge on any atom is 0.306 e. The summed E-state index contributed by atoms with van der Waals surface area (Å²) in [6.45, 7) is 4.28. The van der Waals surface area contributed by atoms with Crippen molar-refractivity contribution in [3.8, 4) is 0 Å². The highest BCUT2D eigenvalue weighted by Gasteiger charge is 2.22. The molecule has 0 saturated heterocycles. The SMILES string of the molecule is CCCCCCCC/C=C\CCCCCCCCCC(=O)OCC(COP(=O)([O-])OCC[N+](C)(C)C)OC(=O)CCCCCCCCCCCCCCCCCCCCCCCCC/C=C\CCCCCCCCCC. The monoisotopic (exact) mass is 1090 g/mol. The van der Waals surface area contributed by atoms with Gasteiger partial charge in [0.2, 0.25) is 0 Å². The molecule has 10 heteroatoms. The zero-order valence-electron chi connectivity index (χ0n) is 51.2. The lowest BCUT2D eigenvalue weighted by atomic mass is 10.0. The van der Waals surface area contributed by atoms with E-state index in [1.165, 1.54) is 257 Å². The van der Waals surface area contributed by atoms with Gasteiger partial charge in [-0.2, -0.15) is 0 Å². The molecule has 0 N–H and O–H groups in total. The largest absolute Gasteiger partial charge is 0.756 e. The highest BCUT2D eigenvalue weighted by Crippen LogP contribution is 2.38. The number of allylic oxidation sites excluding steroid dienone is 4. The molecule has 0 aromatic carbocycles. The van der Waals surface area contributed by atoms with Gasteiger partial charge in [0.05, 0.1) is 27.7 Å². The van der Waals surface area contributed by atoms with E-state index in [9.17, 15) is 19.0 Å². The van der Waals surface area contributed by atoms with Crippen molar-refractivity contribution in [1.29, 1.82) is 0 Å². The number of nitrogens with zero attached hydrogens (tertiary/aromatic N) is 1. The van der Waals surface area contributed by atoms with E-state index in [1.54, 1.807) is 0 Å². The number of phosphoric acid groups is 1. The molecule has 0 amide bonds. The third-order valence-corrected chi connectivity index (χ3v) is 15.9. The van der Waals surface area contributed by atoms with Crippen LogP contribution >= 0.6 is 7.82 Å². The van der Waals surface area contributed by atoms with Crippen LogP contribution in [0.15, 0.2) is 24.3 Å². The summed E-state index contributed by atoms with van der Waals surface area (Å²) in [5, 5.41) is 0. The van der Waals surface area contributed by atoms with Gasteiger partial charge in [-0.05, 0) is 64.2 Å². The summed E-state index contributed by atoms with van der Waals surface area (Å²) < 4.78 is 34.2. The third kappa shape index (κ3) is 61.7. The second kappa shape index (κ2) is 58.2. The average molecular weight is 1090 g/mol.